The molecule has 0 bridgehead atoms. The van der Waals surface area contributed by atoms with E-state index in [0.717, 1.165) is 75.9 Å². The van der Waals surface area contributed by atoms with Crippen LogP contribution in [0.3, 0.4) is 0 Å². The summed E-state index contributed by atoms with van der Waals surface area (Å²) in [5.74, 6) is 3.57. The van der Waals surface area contributed by atoms with Crippen molar-refractivity contribution >= 4 is 0 Å². The number of aromatic nitrogens is 3. The van der Waals surface area contributed by atoms with Crippen molar-refractivity contribution in [2.24, 2.45) is 7.05 Å². The van der Waals surface area contributed by atoms with Crippen molar-refractivity contribution in [1.29, 1.82) is 0 Å². The van der Waals surface area contributed by atoms with Crippen molar-refractivity contribution in [3.8, 4) is 0 Å². The molecule has 26 heavy (non-hydrogen) atoms. The van der Waals surface area contributed by atoms with Crippen LogP contribution < -0.4 is 0 Å². The van der Waals surface area contributed by atoms with E-state index in [9.17, 15) is 5.11 Å². The van der Waals surface area contributed by atoms with Gasteiger partial charge in [0.1, 0.15) is 17.4 Å². The van der Waals surface area contributed by atoms with Gasteiger partial charge in [-0.1, -0.05) is 0 Å². The molecule has 0 aromatic carbocycles. The lowest BCUT2D eigenvalue weighted by Gasteiger charge is -2.31. The fourth-order valence-electron chi connectivity index (χ4n) is 4.18. The van der Waals surface area contributed by atoms with Crippen molar-refractivity contribution in [2.45, 2.75) is 50.8 Å². The average Bonchev–Trinajstić information content (AvgIpc) is 3.28. The van der Waals surface area contributed by atoms with Gasteiger partial charge in [-0.05, 0) is 44.4 Å². The predicted octanol–water partition coefficient (Wildman–Crippen LogP) is 1.74. The topological polar surface area (TPSA) is 70.6 Å². The molecule has 2 fully saturated rings. The predicted molar refractivity (Wildman–Crippen MR) is 97.5 cm³/mol. The highest BCUT2D eigenvalue weighted by molar-refractivity contribution is 5.05. The third-order valence-electron chi connectivity index (χ3n) is 5.75. The first-order chi connectivity index (χ1) is 12.7. The van der Waals surface area contributed by atoms with E-state index >= 15 is 0 Å². The summed E-state index contributed by atoms with van der Waals surface area (Å²) in [6.07, 6.45) is 5.66. The minimum absolute atomic E-state index is 0.135. The van der Waals surface area contributed by atoms with Crippen LogP contribution in [-0.4, -0.2) is 62.0 Å². The van der Waals surface area contributed by atoms with Gasteiger partial charge in [0.2, 0.25) is 0 Å². The Morgan fingerprint density at radius 2 is 1.96 bits per heavy atom. The Hall–Kier alpha value is -1.70. The van der Waals surface area contributed by atoms with Crippen LogP contribution in [0.15, 0.2) is 22.8 Å². The number of furan rings is 1. The number of rotatable bonds is 5. The van der Waals surface area contributed by atoms with E-state index < -0.39 is 0 Å². The maximum atomic E-state index is 9.67. The zero-order valence-electron chi connectivity index (χ0n) is 15.5. The first-order valence-electron chi connectivity index (χ1n) is 9.72. The smallest absolute Gasteiger partial charge is 0.146 e. The Labute approximate surface area is 154 Å². The molecule has 1 N–H and O–H groups in total. The summed E-state index contributed by atoms with van der Waals surface area (Å²) in [6.45, 7) is 5.66. The van der Waals surface area contributed by atoms with Crippen molar-refractivity contribution in [3.05, 3.63) is 35.8 Å². The van der Waals surface area contributed by atoms with Gasteiger partial charge in [-0.15, -0.1) is 10.2 Å². The zero-order valence-corrected chi connectivity index (χ0v) is 15.5. The fourth-order valence-corrected chi connectivity index (χ4v) is 4.18. The van der Waals surface area contributed by atoms with Gasteiger partial charge < -0.3 is 14.1 Å². The van der Waals surface area contributed by atoms with E-state index in [0.29, 0.717) is 5.92 Å². The highest BCUT2D eigenvalue weighted by atomic mass is 16.3. The van der Waals surface area contributed by atoms with Gasteiger partial charge in [0.05, 0.1) is 25.5 Å². The first-order valence-corrected chi connectivity index (χ1v) is 9.72. The number of likely N-dealkylation sites (tertiary alicyclic amines) is 2. The molecular formula is C19H29N5O2. The molecule has 2 aromatic heterocycles. The molecule has 4 rings (SSSR count). The largest absolute Gasteiger partial charge is 0.468 e. The van der Waals surface area contributed by atoms with E-state index in [4.69, 9.17) is 4.42 Å². The van der Waals surface area contributed by atoms with Gasteiger partial charge in [0, 0.05) is 32.6 Å². The lowest BCUT2D eigenvalue weighted by molar-refractivity contribution is 0.0775. The number of aliphatic hydroxyl groups is 1. The van der Waals surface area contributed by atoms with Crippen molar-refractivity contribution in [3.63, 3.8) is 0 Å². The Kier molecular flexibility index (Phi) is 5.38. The lowest BCUT2D eigenvalue weighted by atomic mass is 9.97. The molecule has 4 heterocycles. The van der Waals surface area contributed by atoms with E-state index in [-0.39, 0.29) is 6.10 Å². The lowest BCUT2D eigenvalue weighted by Crippen LogP contribution is -2.36. The van der Waals surface area contributed by atoms with Crippen LogP contribution in [-0.2, 0) is 20.1 Å². The minimum Gasteiger partial charge on any atom is -0.468 e. The maximum absolute atomic E-state index is 9.67. The Balaban J connectivity index is 1.38. The summed E-state index contributed by atoms with van der Waals surface area (Å²) in [4.78, 5) is 4.82. The molecule has 0 aliphatic carbocycles. The molecule has 7 nitrogen and oxygen atoms in total. The van der Waals surface area contributed by atoms with E-state index in [1.54, 1.807) is 6.26 Å². The molecule has 2 aliphatic heterocycles. The molecule has 0 spiro atoms. The summed E-state index contributed by atoms with van der Waals surface area (Å²) < 4.78 is 7.69. The quantitative estimate of drug-likeness (QED) is 0.877. The fraction of sp³-hybridized carbons (Fsp3) is 0.684. The molecule has 7 heteroatoms. The Bertz CT molecular complexity index is 691. The average molecular weight is 359 g/mol. The molecule has 0 saturated carbocycles. The van der Waals surface area contributed by atoms with Gasteiger partial charge in [0.15, 0.2) is 0 Å². The number of hydrogen-bond donors (Lipinski definition) is 1. The number of aliphatic hydroxyl groups excluding tert-OH is 1. The van der Waals surface area contributed by atoms with Gasteiger partial charge in [0.25, 0.3) is 0 Å². The van der Waals surface area contributed by atoms with Crippen molar-refractivity contribution in [1.82, 2.24) is 24.6 Å². The standard InChI is InChI=1S/C19H29N5O2/c1-22-18(14-23-9-6-16(25)7-10-23)20-21-19(22)15-4-2-8-24(12-15)13-17-5-3-11-26-17/h3,5,11,15-16,25H,2,4,6-10,12-14H2,1H3. The second-order valence-electron chi connectivity index (χ2n) is 7.69. The number of piperidine rings is 2. The van der Waals surface area contributed by atoms with Crippen LogP contribution in [0.4, 0.5) is 0 Å². The summed E-state index contributed by atoms with van der Waals surface area (Å²) in [7, 11) is 2.09. The number of nitrogens with zero attached hydrogens (tertiary/aromatic N) is 5. The molecule has 0 radical (unpaired) electrons. The van der Waals surface area contributed by atoms with Gasteiger partial charge in [-0.3, -0.25) is 9.80 Å². The minimum atomic E-state index is -0.135. The summed E-state index contributed by atoms with van der Waals surface area (Å²) in [5, 5.41) is 18.7. The third-order valence-corrected chi connectivity index (χ3v) is 5.75. The normalized spacial score (nSPS) is 23.5. The van der Waals surface area contributed by atoms with Crippen LogP contribution in [0, 0.1) is 0 Å². The van der Waals surface area contributed by atoms with Crippen LogP contribution in [0.1, 0.15) is 49.0 Å². The van der Waals surface area contributed by atoms with Crippen LogP contribution in [0.5, 0.6) is 0 Å². The van der Waals surface area contributed by atoms with Gasteiger partial charge in [-0.2, -0.15) is 0 Å². The summed E-state index contributed by atoms with van der Waals surface area (Å²) >= 11 is 0. The van der Waals surface area contributed by atoms with Crippen LogP contribution in [0.25, 0.3) is 0 Å². The second-order valence-corrected chi connectivity index (χ2v) is 7.69. The van der Waals surface area contributed by atoms with E-state index in [2.05, 4.69) is 31.6 Å². The monoisotopic (exact) mass is 359 g/mol. The molecule has 1 atom stereocenters. The highest BCUT2D eigenvalue weighted by Gasteiger charge is 2.27. The van der Waals surface area contributed by atoms with Gasteiger partial charge in [-0.25, -0.2) is 0 Å². The maximum Gasteiger partial charge on any atom is 0.146 e. The third kappa shape index (κ3) is 4.00. The summed E-state index contributed by atoms with van der Waals surface area (Å²) in [6, 6.07) is 3.99. The van der Waals surface area contributed by atoms with Crippen LogP contribution in [0.2, 0.25) is 0 Å². The van der Waals surface area contributed by atoms with Crippen LogP contribution >= 0.6 is 0 Å². The van der Waals surface area contributed by atoms with E-state index in [1.165, 1.54) is 6.42 Å². The van der Waals surface area contributed by atoms with Crippen molar-refractivity contribution < 1.29 is 9.52 Å². The van der Waals surface area contributed by atoms with E-state index in [1.807, 2.05) is 12.1 Å². The molecule has 142 valence electrons. The zero-order chi connectivity index (χ0) is 17.9. The second kappa shape index (κ2) is 7.90. The Morgan fingerprint density at radius 3 is 2.73 bits per heavy atom. The molecule has 1 unspecified atom stereocenters. The molecule has 0 amide bonds. The molecule has 2 aliphatic rings. The van der Waals surface area contributed by atoms with Crippen molar-refractivity contribution in [2.75, 3.05) is 26.2 Å². The SMILES string of the molecule is Cn1c(CN2CCC(O)CC2)nnc1C1CCCN(Cc2ccco2)C1. The highest BCUT2D eigenvalue weighted by Crippen LogP contribution is 2.27. The number of hydrogen-bond acceptors (Lipinski definition) is 6. The molecule has 2 aromatic rings. The first kappa shape index (κ1) is 17.7. The summed E-state index contributed by atoms with van der Waals surface area (Å²) in [5.41, 5.74) is 0. The Morgan fingerprint density at radius 1 is 1.12 bits per heavy atom. The molecule has 2 saturated heterocycles. The van der Waals surface area contributed by atoms with Gasteiger partial charge >= 0.3 is 0 Å². The molecular weight excluding hydrogens is 330 g/mol.